The quantitative estimate of drug-likeness (QED) is 0.314. The summed E-state index contributed by atoms with van der Waals surface area (Å²) < 4.78 is 0. The highest BCUT2D eigenvalue weighted by Crippen LogP contribution is 2.22. The number of hydrogen-bond acceptors (Lipinski definition) is 2. The first-order chi connectivity index (χ1) is 11.2. The summed E-state index contributed by atoms with van der Waals surface area (Å²) in [5.74, 6) is 0.0744. The van der Waals surface area contributed by atoms with Crippen molar-refractivity contribution in [3.05, 3.63) is 0 Å². The van der Waals surface area contributed by atoms with Gasteiger partial charge in [-0.3, -0.25) is 14.5 Å². The van der Waals surface area contributed by atoms with E-state index in [1.54, 1.807) is 0 Å². The number of nitrogens with zero attached hydrogens (tertiary/aromatic N) is 1. The molecule has 1 unspecified atom stereocenters. The zero-order valence-electron chi connectivity index (χ0n) is 15.4. The number of carbonyl (C=O) groups is 2. The van der Waals surface area contributed by atoms with Gasteiger partial charge in [-0.25, -0.2) is 0 Å². The fourth-order valence-corrected chi connectivity index (χ4v) is 3.42. The molecule has 1 saturated heterocycles. The van der Waals surface area contributed by atoms with Crippen molar-refractivity contribution in [1.29, 1.82) is 0 Å². The van der Waals surface area contributed by atoms with Crippen molar-refractivity contribution >= 4 is 11.8 Å². The molecule has 3 heteroatoms. The van der Waals surface area contributed by atoms with Crippen LogP contribution in [-0.4, -0.2) is 23.3 Å². The molecule has 1 aliphatic heterocycles. The SMILES string of the molecule is CCCCCCCCCCCCCCN1C(=O)CC(CC)C1=O. The second-order valence-corrected chi connectivity index (χ2v) is 7.08. The molecule has 0 aliphatic carbocycles. The molecule has 1 atom stereocenters. The summed E-state index contributed by atoms with van der Waals surface area (Å²) in [6, 6.07) is 0. The van der Waals surface area contributed by atoms with E-state index in [-0.39, 0.29) is 17.7 Å². The lowest BCUT2D eigenvalue weighted by molar-refractivity contribution is -0.139. The first-order valence-electron chi connectivity index (χ1n) is 10.0. The van der Waals surface area contributed by atoms with Gasteiger partial charge in [0.2, 0.25) is 11.8 Å². The van der Waals surface area contributed by atoms with Gasteiger partial charge >= 0.3 is 0 Å². The van der Waals surface area contributed by atoms with Gasteiger partial charge in [0.1, 0.15) is 0 Å². The van der Waals surface area contributed by atoms with E-state index in [0.29, 0.717) is 13.0 Å². The molecular weight excluding hydrogens is 286 g/mol. The molecule has 0 aromatic carbocycles. The summed E-state index contributed by atoms with van der Waals surface area (Å²) in [5, 5.41) is 0. The topological polar surface area (TPSA) is 37.4 Å². The molecule has 0 aromatic rings. The molecule has 1 fully saturated rings. The van der Waals surface area contributed by atoms with E-state index in [1.165, 1.54) is 69.1 Å². The number of rotatable bonds is 14. The molecule has 0 saturated carbocycles. The van der Waals surface area contributed by atoms with Crippen molar-refractivity contribution in [2.45, 2.75) is 104 Å². The molecule has 1 rings (SSSR count). The number of hydrogen-bond donors (Lipinski definition) is 0. The van der Waals surface area contributed by atoms with E-state index in [9.17, 15) is 9.59 Å². The lowest BCUT2D eigenvalue weighted by Crippen LogP contribution is -2.31. The van der Waals surface area contributed by atoms with Crippen LogP contribution in [0.25, 0.3) is 0 Å². The van der Waals surface area contributed by atoms with E-state index in [0.717, 1.165) is 19.3 Å². The van der Waals surface area contributed by atoms with Crippen LogP contribution in [0.5, 0.6) is 0 Å². The Morgan fingerprint density at radius 2 is 1.26 bits per heavy atom. The van der Waals surface area contributed by atoms with Crippen molar-refractivity contribution < 1.29 is 9.59 Å². The Morgan fingerprint density at radius 1 is 0.783 bits per heavy atom. The number of unbranched alkanes of at least 4 members (excludes halogenated alkanes) is 11. The van der Waals surface area contributed by atoms with E-state index in [1.807, 2.05) is 6.92 Å². The predicted molar refractivity (Wildman–Crippen MR) is 96.2 cm³/mol. The van der Waals surface area contributed by atoms with Crippen LogP contribution in [0, 0.1) is 5.92 Å². The number of imide groups is 1. The predicted octanol–water partition coefficient (Wildman–Crippen LogP) is 5.47. The molecule has 0 radical (unpaired) electrons. The minimum absolute atomic E-state index is 0.0418. The number of amides is 2. The van der Waals surface area contributed by atoms with E-state index in [4.69, 9.17) is 0 Å². The van der Waals surface area contributed by atoms with Crippen molar-refractivity contribution in [3.63, 3.8) is 0 Å². The normalized spacial score (nSPS) is 18.2. The van der Waals surface area contributed by atoms with Gasteiger partial charge in [-0.1, -0.05) is 84.5 Å². The van der Waals surface area contributed by atoms with Crippen molar-refractivity contribution in [3.8, 4) is 0 Å². The van der Waals surface area contributed by atoms with Crippen LogP contribution in [0.1, 0.15) is 104 Å². The first-order valence-corrected chi connectivity index (χ1v) is 10.0. The zero-order valence-corrected chi connectivity index (χ0v) is 15.4. The third-order valence-electron chi connectivity index (χ3n) is 5.07. The van der Waals surface area contributed by atoms with Crippen LogP contribution < -0.4 is 0 Å². The second kappa shape index (κ2) is 12.5. The van der Waals surface area contributed by atoms with Crippen LogP contribution in [0.3, 0.4) is 0 Å². The molecule has 2 amide bonds. The van der Waals surface area contributed by atoms with E-state index >= 15 is 0 Å². The molecule has 23 heavy (non-hydrogen) atoms. The van der Waals surface area contributed by atoms with Gasteiger partial charge in [-0.05, 0) is 12.8 Å². The highest BCUT2D eigenvalue weighted by Gasteiger charge is 2.36. The summed E-state index contributed by atoms with van der Waals surface area (Å²) in [7, 11) is 0. The molecular formula is C20H37NO2. The maximum absolute atomic E-state index is 12.0. The maximum atomic E-state index is 12.0. The molecule has 134 valence electrons. The number of carbonyl (C=O) groups excluding carboxylic acids is 2. The minimum Gasteiger partial charge on any atom is -0.282 e. The van der Waals surface area contributed by atoms with Gasteiger partial charge in [0.25, 0.3) is 0 Å². The second-order valence-electron chi connectivity index (χ2n) is 7.08. The minimum atomic E-state index is -0.0418. The van der Waals surface area contributed by atoms with E-state index in [2.05, 4.69) is 6.92 Å². The van der Waals surface area contributed by atoms with Crippen molar-refractivity contribution in [2.24, 2.45) is 5.92 Å². The maximum Gasteiger partial charge on any atom is 0.232 e. The Balaban J connectivity index is 1.90. The van der Waals surface area contributed by atoms with Crippen LogP contribution in [0.2, 0.25) is 0 Å². The largest absolute Gasteiger partial charge is 0.282 e. The van der Waals surface area contributed by atoms with Gasteiger partial charge in [-0.2, -0.15) is 0 Å². The van der Waals surface area contributed by atoms with Crippen molar-refractivity contribution in [1.82, 2.24) is 4.90 Å². The third kappa shape index (κ3) is 7.99. The third-order valence-corrected chi connectivity index (χ3v) is 5.07. The lowest BCUT2D eigenvalue weighted by Gasteiger charge is -2.14. The van der Waals surface area contributed by atoms with Gasteiger partial charge in [0.15, 0.2) is 0 Å². The zero-order chi connectivity index (χ0) is 16.9. The van der Waals surface area contributed by atoms with Crippen LogP contribution in [-0.2, 0) is 9.59 Å². The summed E-state index contributed by atoms with van der Waals surface area (Å²) in [4.78, 5) is 25.3. The molecule has 3 nitrogen and oxygen atoms in total. The van der Waals surface area contributed by atoms with Crippen LogP contribution in [0.15, 0.2) is 0 Å². The van der Waals surface area contributed by atoms with Gasteiger partial charge in [-0.15, -0.1) is 0 Å². The highest BCUT2D eigenvalue weighted by molar-refractivity contribution is 6.03. The molecule has 0 bridgehead atoms. The molecule has 0 N–H and O–H groups in total. The van der Waals surface area contributed by atoms with Crippen LogP contribution in [0.4, 0.5) is 0 Å². The van der Waals surface area contributed by atoms with E-state index < -0.39 is 0 Å². The number of likely N-dealkylation sites (tertiary alicyclic amines) is 1. The van der Waals surface area contributed by atoms with Gasteiger partial charge in [0, 0.05) is 18.9 Å². The lowest BCUT2D eigenvalue weighted by atomic mass is 10.1. The van der Waals surface area contributed by atoms with Gasteiger partial charge in [0.05, 0.1) is 0 Å². The monoisotopic (exact) mass is 323 g/mol. The van der Waals surface area contributed by atoms with Crippen LogP contribution >= 0.6 is 0 Å². The standard InChI is InChI=1S/C20H37NO2/c1-3-5-6-7-8-9-10-11-12-13-14-15-16-21-19(22)17-18(4-2)20(21)23/h18H,3-17H2,1-2H3. The fourth-order valence-electron chi connectivity index (χ4n) is 3.42. The average Bonchev–Trinajstić information content (AvgIpc) is 2.83. The Hall–Kier alpha value is -0.860. The molecule has 0 aromatic heterocycles. The fraction of sp³-hybridized carbons (Fsp3) is 0.900. The smallest absolute Gasteiger partial charge is 0.232 e. The Kier molecular flexibility index (Phi) is 11.0. The van der Waals surface area contributed by atoms with Crippen molar-refractivity contribution in [2.75, 3.05) is 6.54 Å². The first kappa shape index (κ1) is 20.2. The molecule has 1 aliphatic rings. The average molecular weight is 324 g/mol. The summed E-state index contributed by atoms with van der Waals surface area (Å²) >= 11 is 0. The molecule has 0 spiro atoms. The Bertz CT molecular complexity index is 341. The summed E-state index contributed by atoms with van der Waals surface area (Å²) in [6.45, 7) is 4.90. The highest BCUT2D eigenvalue weighted by atomic mass is 16.2. The molecule has 1 heterocycles. The Labute approximate surface area is 143 Å². The Morgan fingerprint density at radius 3 is 1.70 bits per heavy atom. The van der Waals surface area contributed by atoms with Gasteiger partial charge < -0.3 is 0 Å². The summed E-state index contributed by atoms with van der Waals surface area (Å²) in [5.41, 5.74) is 0. The summed E-state index contributed by atoms with van der Waals surface area (Å²) in [6.07, 6.45) is 16.9.